The lowest BCUT2D eigenvalue weighted by Gasteiger charge is -2.12. The third kappa shape index (κ3) is 9.71. The first-order chi connectivity index (χ1) is 12.9. The molecule has 7 nitrogen and oxygen atoms in total. The molecule has 152 valence electrons. The van der Waals surface area contributed by atoms with E-state index in [1.165, 1.54) is 0 Å². The Balaban J connectivity index is 1.44. The van der Waals surface area contributed by atoms with Crippen molar-refractivity contribution >= 4 is 5.96 Å². The van der Waals surface area contributed by atoms with Crippen LogP contribution in [0.25, 0.3) is 0 Å². The van der Waals surface area contributed by atoms with Gasteiger partial charge in [-0.25, -0.2) is 0 Å². The van der Waals surface area contributed by atoms with Crippen LogP contribution in [0.3, 0.4) is 0 Å². The fraction of sp³-hybridized carbons (Fsp3) is 0.947. The molecule has 2 unspecified atom stereocenters. The predicted molar refractivity (Wildman–Crippen MR) is 103 cm³/mol. The van der Waals surface area contributed by atoms with Crippen molar-refractivity contribution in [3.8, 4) is 0 Å². The molecule has 2 aliphatic heterocycles. The van der Waals surface area contributed by atoms with Gasteiger partial charge in [0.15, 0.2) is 5.96 Å². The average molecular weight is 372 g/mol. The van der Waals surface area contributed by atoms with Crippen LogP contribution < -0.4 is 10.6 Å². The summed E-state index contributed by atoms with van der Waals surface area (Å²) in [6.07, 6.45) is 4.18. The van der Waals surface area contributed by atoms with Gasteiger partial charge in [0, 0.05) is 57.9 Å². The second-order valence-electron chi connectivity index (χ2n) is 7.00. The van der Waals surface area contributed by atoms with Gasteiger partial charge in [-0.1, -0.05) is 0 Å². The maximum Gasteiger partial charge on any atom is 0.191 e. The molecule has 2 rings (SSSR count). The van der Waals surface area contributed by atoms with Crippen LogP contribution in [0.5, 0.6) is 0 Å². The van der Waals surface area contributed by atoms with Crippen LogP contribution in [0.1, 0.15) is 32.6 Å². The molecule has 2 aliphatic rings. The Bertz CT molecular complexity index is 370. The minimum Gasteiger partial charge on any atom is -0.381 e. The van der Waals surface area contributed by atoms with E-state index < -0.39 is 0 Å². The van der Waals surface area contributed by atoms with Gasteiger partial charge in [-0.3, -0.25) is 4.99 Å². The lowest BCUT2D eigenvalue weighted by Crippen LogP contribution is -2.38. The van der Waals surface area contributed by atoms with E-state index in [9.17, 15) is 0 Å². The lowest BCUT2D eigenvalue weighted by molar-refractivity contribution is 0.0887. The summed E-state index contributed by atoms with van der Waals surface area (Å²) in [4.78, 5) is 4.60. The van der Waals surface area contributed by atoms with Gasteiger partial charge >= 0.3 is 0 Å². The monoisotopic (exact) mass is 371 g/mol. The average Bonchev–Trinajstić information content (AvgIpc) is 3.34. The highest BCUT2D eigenvalue weighted by molar-refractivity contribution is 5.79. The van der Waals surface area contributed by atoms with E-state index in [-0.39, 0.29) is 0 Å². The van der Waals surface area contributed by atoms with Crippen LogP contribution in [-0.4, -0.2) is 78.4 Å². The Labute approximate surface area is 158 Å². The van der Waals surface area contributed by atoms with Gasteiger partial charge in [0.2, 0.25) is 0 Å². The van der Waals surface area contributed by atoms with E-state index in [0.29, 0.717) is 11.8 Å². The molecule has 26 heavy (non-hydrogen) atoms. The smallest absolute Gasteiger partial charge is 0.191 e. The third-order valence-corrected chi connectivity index (χ3v) is 4.57. The number of rotatable bonds is 13. The SMILES string of the molecule is CCNC(=NCCCOCC1CCOC1)NCCCOCC1CCOC1. The van der Waals surface area contributed by atoms with Crippen molar-refractivity contribution in [2.75, 3.05) is 72.5 Å². The van der Waals surface area contributed by atoms with Crippen LogP contribution >= 0.6 is 0 Å². The number of guanidine groups is 1. The standard InChI is InChI=1S/C19H37N3O4/c1-2-20-19(21-7-3-9-23-13-17-5-11-25-15-17)22-8-4-10-24-14-18-6-12-26-16-18/h17-18H,2-16H2,1H3,(H2,20,21,22). The highest BCUT2D eigenvalue weighted by Gasteiger charge is 2.15. The Morgan fingerprint density at radius 3 is 2.19 bits per heavy atom. The zero-order valence-electron chi connectivity index (χ0n) is 16.3. The molecule has 7 heteroatoms. The third-order valence-electron chi connectivity index (χ3n) is 4.57. The summed E-state index contributed by atoms with van der Waals surface area (Å²) >= 11 is 0. The minimum atomic E-state index is 0.584. The van der Waals surface area contributed by atoms with Crippen molar-refractivity contribution in [1.82, 2.24) is 10.6 Å². The predicted octanol–water partition coefficient (Wildman–Crippen LogP) is 1.43. The summed E-state index contributed by atoms with van der Waals surface area (Å²) < 4.78 is 22.1. The molecule has 2 atom stereocenters. The molecule has 0 aromatic rings. The first kappa shape index (κ1) is 21.4. The Morgan fingerprint density at radius 1 is 0.962 bits per heavy atom. The highest BCUT2D eigenvalue weighted by Crippen LogP contribution is 2.12. The zero-order chi connectivity index (χ0) is 18.3. The summed E-state index contributed by atoms with van der Waals surface area (Å²) in [5, 5.41) is 6.64. The van der Waals surface area contributed by atoms with Crippen LogP contribution in [0.4, 0.5) is 0 Å². The van der Waals surface area contributed by atoms with Gasteiger partial charge in [0.1, 0.15) is 0 Å². The van der Waals surface area contributed by atoms with Crippen molar-refractivity contribution in [3.63, 3.8) is 0 Å². The molecule has 2 heterocycles. The molecule has 2 saturated heterocycles. The molecule has 0 aromatic heterocycles. The summed E-state index contributed by atoms with van der Waals surface area (Å²) in [7, 11) is 0. The van der Waals surface area contributed by atoms with Crippen molar-refractivity contribution in [1.29, 1.82) is 0 Å². The quantitative estimate of drug-likeness (QED) is 0.290. The molecular weight excluding hydrogens is 334 g/mol. The molecule has 0 radical (unpaired) electrons. The van der Waals surface area contributed by atoms with Crippen molar-refractivity contribution in [2.24, 2.45) is 16.8 Å². The van der Waals surface area contributed by atoms with Gasteiger partial charge in [-0.15, -0.1) is 0 Å². The van der Waals surface area contributed by atoms with E-state index in [1.54, 1.807) is 0 Å². The van der Waals surface area contributed by atoms with E-state index in [4.69, 9.17) is 18.9 Å². The van der Waals surface area contributed by atoms with E-state index in [1.807, 2.05) is 0 Å². The second-order valence-corrected chi connectivity index (χ2v) is 7.00. The van der Waals surface area contributed by atoms with Crippen molar-refractivity contribution < 1.29 is 18.9 Å². The zero-order valence-corrected chi connectivity index (χ0v) is 16.3. The van der Waals surface area contributed by atoms with Crippen LogP contribution in [0, 0.1) is 11.8 Å². The molecule has 0 aromatic carbocycles. The minimum absolute atomic E-state index is 0.584. The summed E-state index contributed by atoms with van der Waals surface area (Å²) in [5.41, 5.74) is 0. The molecule has 2 fully saturated rings. The number of hydrogen-bond donors (Lipinski definition) is 2. The van der Waals surface area contributed by atoms with Crippen LogP contribution in [0.15, 0.2) is 4.99 Å². The molecule has 2 N–H and O–H groups in total. The van der Waals surface area contributed by atoms with Crippen molar-refractivity contribution in [2.45, 2.75) is 32.6 Å². The maximum atomic E-state index is 5.72. The second kappa shape index (κ2) is 14.2. The Morgan fingerprint density at radius 2 is 1.62 bits per heavy atom. The van der Waals surface area contributed by atoms with Gasteiger partial charge in [0.05, 0.1) is 26.4 Å². The molecule has 0 aliphatic carbocycles. The number of hydrogen-bond acceptors (Lipinski definition) is 5. The number of aliphatic imine (C=N–C) groups is 1. The van der Waals surface area contributed by atoms with Crippen LogP contribution in [0.2, 0.25) is 0 Å². The fourth-order valence-electron chi connectivity index (χ4n) is 3.01. The normalized spacial score (nSPS) is 23.5. The molecule has 0 saturated carbocycles. The molecular formula is C19H37N3O4. The molecule has 0 amide bonds. The highest BCUT2D eigenvalue weighted by atomic mass is 16.5. The number of nitrogens with one attached hydrogen (secondary N) is 2. The summed E-state index contributed by atoms with van der Waals surface area (Å²) in [6, 6.07) is 0. The number of nitrogens with zero attached hydrogens (tertiary/aromatic N) is 1. The largest absolute Gasteiger partial charge is 0.381 e. The first-order valence-electron chi connectivity index (χ1n) is 10.2. The van der Waals surface area contributed by atoms with Crippen LogP contribution in [-0.2, 0) is 18.9 Å². The van der Waals surface area contributed by atoms with Gasteiger partial charge in [0.25, 0.3) is 0 Å². The Hall–Kier alpha value is -0.890. The fourth-order valence-corrected chi connectivity index (χ4v) is 3.01. The molecule has 0 bridgehead atoms. The van der Waals surface area contributed by atoms with Gasteiger partial charge < -0.3 is 29.6 Å². The number of ether oxygens (including phenoxy) is 4. The van der Waals surface area contributed by atoms with E-state index in [0.717, 1.165) is 104 Å². The van der Waals surface area contributed by atoms with Gasteiger partial charge in [-0.05, 0) is 32.6 Å². The maximum absolute atomic E-state index is 5.72. The van der Waals surface area contributed by atoms with E-state index >= 15 is 0 Å². The summed E-state index contributed by atoms with van der Waals surface area (Å²) in [6.45, 7) is 11.2. The Kier molecular flexibility index (Phi) is 11.7. The van der Waals surface area contributed by atoms with E-state index in [2.05, 4.69) is 22.5 Å². The van der Waals surface area contributed by atoms with Crippen molar-refractivity contribution in [3.05, 3.63) is 0 Å². The lowest BCUT2D eigenvalue weighted by atomic mass is 10.1. The topological polar surface area (TPSA) is 73.3 Å². The molecule has 0 spiro atoms. The van der Waals surface area contributed by atoms with Gasteiger partial charge in [-0.2, -0.15) is 0 Å². The first-order valence-corrected chi connectivity index (χ1v) is 10.2. The summed E-state index contributed by atoms with van der Waals surface area (Å²) in [5.74, 6) is 2.05.